The predicted molar refractivity (Wildman–Crippen MR) is 77.9 cm³/mol. The van der Waals surface area contributed by atoms with Crippen LogP contribution in [0.25, 0.3) is 0 Å². The van der Waals surface area contributed by atoms with E-state index in [9.17, 15) is 4.79 Å². The number of carbonyl (C=O) groups excluding carboxylic acids is 1. The number of benzene rings is 1. The van der Waals surface area contributed by atoms with Crippen LogP contribution in [-0.4, -0.2) is 13.0 Å². The van der Waals surface area contributed by atoms with Crippen LogP contribution in [0.5, 0.6) is 0 Å². The van der Waals surface area contributed by atoms with Crippen LogP contribution in [0.3, 0.4) is 0 Å². The minimum Gasteiger partial charge on any atom is -0.349 e. The van der Waals surface area contributed by atoms with Gasteiger partial charge in [-0.2, -0.15) is 0 Å². The molecule has 2 N–H and O–H groups in total. The Labute approximate surface area is 115 Å². The average Bonchev–Trinajstić information content (AvgIpc) is 2.53. The second-order valence-electron chi connectivity index (χ2n) is 4.25. The maximum Gasteiger partial charge on any atom is 0.234 e. The monoisotopic (exact) mass is 266 g/mol. The number of carbonyl (C=O) groups is 1. The van der Waals surface area contributed by atoms with Crippen LogP contribution >= 0.6 is 12.4 Å². The Kier molecular flexibility index (Phi) is 6.29. The molecule has 0 atom stereocenters. The summed E-state index contributed by atoms with van der Waals surface area (Å²) >= 11 is 0. The predicted octanol–water partition coefficient (Wildman–Crippen LogP) is 2.52. The van der Waals surface area contributed by atoms with E-state index >= 15 is 0 Å². The molecule has 1 aromatic carbocycles. The first kappa shape index (κ1) is 16.3. The van der Waals surface area contributed by atoms with E-state index in [-0.39, 0.29) is 23.7 Å². The lowest BCUT2D eigenvalue weighted by Gasteiger charge is -2.14. The highest BCUT2D eigenvalue weighted by Crippen LogP contribution is 2.36. The molecule has 2 rings (SSSR count). The molecular weight excluding hydrogens is 248 g/mol. The number of hydrogen-bond acceptors (Lipinski definition) is 2. The zero-order valence-electron chi connectivity index (χ0n) is 11.1. The molecular formula is C14H19ClN2O. The lowest BCUT2D eigenvalue weighted by Crippen LogP contribution is -2.26. The van der Waals surface area contributed by atoms with Gasteiger partial charge in [-0.3, -0.25) is 4.79 Å². The summed E-state index contributed by atoms with van der Waals surface area (Å²) in [6, 6.07) is 10.4. The van der Waals surface area contributed by atoms with E-state index < -0.39 is 0 Å². The standard InChI is InChI=1S/C10H11NO.C4H7N.ClH/c1-10(2)7-5-3-4-6-8(7)11-9(10)12;1-3-4-5-2;/h3-6H,1-2H3,(H,11,12);5H,1-2H3;1H. The Morgan fingerprint density at radius 3 is 2.33 bits per heavy atom. The molecule has 0 aromatic heterocycles. The smallest absolute Gasteiger partial charge is 0.234 e. The number of para-hydroxylation sites is 1. The summed E-state index contributed by atoms with van der Waals surface area (Å²) in [4.78, 5) is 11.4. The van der Waals surface area contributed by atoms with Crippen LogP contribution in [0.15, 0.2) is 24.3 Å². The second kappa shape index (κ2) is 6.93. The molecule has 0 bridgehead atoms. The third-order valence-corrected chi connectivity index (χ3v) is 2.67. The highest BCUT2D eigenvalue weighted by atomic mass is 35.5. The van der Waals surface area contributed by atoms with Gasteiger partial charge in [-0.15, -0.1) is 12.4 Å². The third kappa shape index (κ3) is 3.41. The number of rotatable bonds is 0. The van der Waals surface area contributed by atoms with E-state index in [4.69, 9.17) is 0 Å². The van der Waals surface area contributed by atoms with Gasteiger partial charge in [-0.05, 0) is 32.4 Å². The lowest BCUT2D eigenvalue weighted by molar-refractivity contribution is -0.119. The first-order valence-electron chi connectivity index (χ1n) is 5.53. The van der Waals surface area contributed by atoms with Crippen LogP contribution in [0, 0.1) is 12.0 Å². The van der Waals surface area contributed by atoms with Gasteiger partial charge >= 0.3 is 0 Å². The highest BCUT2D eigenvalue weighted by Gasteiger charge is 2.37. The van der Waals surface area contributed by atoms with Crippen LogP contribution < -0.4 is 10.6 Å². The summed E-state index contributed by atoms with van der Waals surface area (Å²) in [5.41, 5.74) is 1.68. The van der Waals surface area contributed by atoms with E-state index in [1.54, 1.807) is 14.0 Å². The summed E-state index contributed by atoms with van der Waals surface area (Å²) in [7, 11) is 1.79. The van der Waals surface area contributed by atoms with Gasteiger partial charge in [0.2, 0.25) is 5.91 Å². The van der Waals surface area contributed by atoms with Gasteiger partial charge in [0.1, 0.15) is 0 Å². The number of anilines is 1. The van der Waals surface area contributed by atoms with Crippen molar-refractivity contribution in [1.82, 2.24) is 5.32 Å². The fraction of sp³-hybridized carbons (Fsp3) is 0.357. The number of halogens is 1. The Hall–Kier alpha value is -1.66. The number of amides is 1. The minimum absolute atomic E-state index is 0. The second-order valence-corrected chi connectivity index (χ2v) is 4.25. The van der Waals surface area contributed by atoms with Crippen molar-refractivity contribution in [1.29, 1.82) is 0 Å². The van der Waals surface area contributed by atoms with Crippen LogP contribution in [-0.2, 0) is 10.2 Å². The Balaban J connectivity index is 0.000000421. The molecule has 0 radical (unpaired) electrons. The van der Waals surface area contributed by atoms with Crippen molar-refractivity contribution in [3.05, 3.63) is 29.8 Å². The Morgan fingerprint density at radius 2 is 1.89 bits per heavy atom. The molecule has 0 fully saturated rings. The number of fused-ring (bicyclic) bond motifs is 1. The van der Waals surface area contributed by atoms with Crippen molar-refractivity contribution in [3.63, 3.8) is 0 Å². The molecule has 3 nitrogen and oxygen atoms in total. The van der Waals surface area contributed by atoms with Gasteiger partial charge in [0.05, 0.1) is 5.41 Å². The van der Waals surface area contributed by atoms with Gasteiger partial charge in [0, 0.05) is 18.8 Å². The van der Waals surface area contributed by atoms with Gasteiger partial charge in [0.15, 0.2) is 0 Å². The van der Waals surface area contributed by atoms with Gasteiger partial charge in [-0.1, -0.05) is 24.1 Å². The quantitative estimate of drug-likeness (QED) is 0.560. The molecule has 0 aliphatic carbocycles. The normalized spacial score (nSPS) is 13.7. The molecule has 1 aliphatic heterocycles. The topological polar surface area (TPSA) is 41.1 Å². The van der Waals surface area contributed by atoms with E-state index in [0.717, 1.165) is 11.3 Å². The lowest BCUT2D eigenvalue weighted by atomic mass is 9.86. The van der Waals surface area contributed by atoms with Crippen molar-refractivity contribution >= 4 is 24.0 Å². The van der Waals surface area contributed by atoms with E-state index in [2.05, 4.69) is 22.6 Å². The molecule has 0 spiro atoms. The maximum atomic E-state index is 11.4. The summed E-state index contributed by atoms with van der Waals surface area (Å²) in [5.74, 6) is 2.74. The SMILES string of the molecule is CC#CNC.CC1(C)C(=O)Nc2ccccc21.Cl. The first-order valence-corrected chi connectivity index (χ1v) is 5.53. The van der Waals surface area contributed by atoms with Crippen molar-refractivity contribution in [2.24, 2.45) is 0 Å². The highest BCUT2D eigenvalue weighted by molar-refractivity contribution is 6.05. The van der Waals surface area contributed by atoms with Gasteiger partial charge in [-0.25, -0.2) is 0 Å². The Bertz CT molecular complexity index is 472. The third-order valence-electron chi connectivity index (χ3n) is 2.67. The first-order chi connectivity index (χ1) is 8.04. The molecule has 0 saturated carbocycles. The molecule has 4 heteroatoms. The minimum atomic E-state index is -0.364. The van der Waals surface area contributed by atoms with Gasteiger partial charge in [0.25, 0.3) is 0 Å². The van der Waals surface area contributed by atoms with Crippen molar-refractivity contribution in [2.75, 3.05) is 12.4 Å². The zero-order valence-corrected chi connectivity index (χ0v) is 11.9. The molecule has 1 aliphatic rings. The van der Waals surface area contributed by atoms with Crippen molar-refractivity contribution in [2.45, 2.75) is 26.2 Å². The van der Waals surface area contributed by atoms with E-state index in [0.29, 0.717) is 0 Å². The molecule has 0 unspecified atom stereocenters. The summed E-state index contributed by atoms with van der Waals surface area (Å²) in [6.45, 7) is 5.67. The fourth-order valence-corrected chi connectivity index (χ4v) is 1.66. The van der Waals surface area contributed by atoms with Crippen molar-refractivity contribution in [3.8, 4) is 12.0 Å². The molecule has 1 amide bonds. The number of nitrogens with one attached hydrogen (secondary N) is 2. The Morgan fingerprint density at radius 1 is 1.28 bits per heavy atom. The zero-order chi connectivity index (χ0) is 12.9. The molecule has 0 saturated heterocycles. The summed E-state index contributed by atoms with van der Waals surface area (Å²) in [6.07, 6.45) is 0. The summed E-state index contributed by atoms with van der Waals surface area (Å²) < 4.78 is 0. The number of hydrogen-bond donors (Lipinski definition) is 2. The summed E-state index contributed by atoms with van der Waals surface area (Å²) in [5, 5.41) is 5.50. The molecule has 1 aromatic rings. The van der Waals surface area contributed by atoms with Crippen molar-refractivity contribution < 1.29 is 4.79 Å². The molecule has 98 valence electrons. The van der Waals surface area contributed by atoms with Crippen LogP contribution in [0.2, 0.25) is 0 Å². The van der Waals surface area contributed by atoms with E-state index in [1.165, 1.54) is 0 Å². The molecule has 18 heavy (non-hydrogen) atoms. The fourth-order valence-electron chi connectivity index (χ4n) is 1.66. The maximum absolute atomic E-state index is 11.4. The van der Waals surface area contributed by atoms with E-state index in [1.807, 2.05) is 38.1 Å². The van der Waals surface area contributed by atoms with Crippen LogP contribution in [0.1, 0.15) is 26.3 Å². The largest absolute Gasteiger partial charge is 0.349 e. The average molecular weight is 267 g/mol. The van der Waals surface area contributed by atoms with Gasteiger partial charge < -0.3 is 10.6 Å². The molecule has 1 heterocycles. The van der Waals surface area contributed by atoms with Crippen LogP contribution in [0.4, 0.5) is 5.69 Å².